The van der Waals surface area contributed by atoms with Gasteiger partial charge >= 0.3 is 0 Å². The molecule has 0 saturated heterocycles. The van der Waals surface area contributed by atoms with E-state index in [0.717, 1.165) is 12.8 Å². The first-order valence-corrected chi connectivity index (χ1v) is 9.91. The fraction of sp³-hybridized carbons (Fsp3) is 0.444. The van der Waals surface area contributed by atoms with Crippen LogP contribution >= 0.6 is 22.9 Å². The van der Waals surface area contributed by atoms with E-state index in [1.807, 2.05) is 0 Å². The van der Waals surface area contributed by atoms with Crippen LogP contribution in [0.5, 0.6) is 5.88 Å². The summed E-state index contributed by atoms with van der Waals surface area (Å²) in [5.41, 5.74) is -0.164. The van der Waals surface area contributed by atoms with Crippen molar-refractivity contribution in [3.05, 3.63) is 39.5 Å². The first kappa shape index (κ1) is 18.9. The van der Waals surface area contributed by atoms with Crippen LogP contribution in [0.15, 0.2) is 18.2 Å². The maximum Gasteiger partial charge on any atom is 0.255 e. The SMILES string of the molecule is O=C(NCCc1sc(NC2CCCCC2)nc1O)c1c(F)cccc1Cl. The van der Waals surface area contributed by atoms with Crippen LogP contribution in [0.25, 0.3) is 0 Å². The van der Waals surface area contributed by atoms with Gasteiger partial charge in [-0.15, -0.1) is 0 Å². The van der Waals surface area contributed by atoms with Crippen LogP contribution < -0.4 is 10.6 Å². The summed E-state index contributed by atoms with van der Waals surface area (Å²) in [7, 11) is 0. The highest BCUT2D eigenvalue weighted by molar-refractivity contribution is 7.15. The highest BCUT2D eigenvalue weighted by atomic mass is 35.5. The van der Waals surface area contributed by atoms with Gasteiger partial charge in [0.1, 0.15) is 5.82 Å². The molecule has 1 saturated carbocycles. The molecule has 5 nitrogen and oxygen atoms in total. The molecule has 26 heavy (non-hydrogen) atoms. The summed E-state index contributed by atoms with van der Waals surface area (Å²) in [6.07, 6.45) is 6.36. The van der Waals surface area contributed by atoms with Gasteiger partial charge in [0.05, 0.1) is 15.5 Å². The molecule has 2 aromatic rings. The van der Waals surface area contributed by atoms with E-state index in [1.54, 1.807) is 0 Å². The smallest absolute Gasteiger partial charge is 0.255 e. The van der Waals surface area contributed by atoms with Gasteiger partial charge in [0.2, 0.25) is 5.88 Å². The Bertz CT molecular complexity index is 758. The number of amides is 1. The first-order valence-electron chi connectivity index (χ1n) is 8.72. The van der Waals surface area contributed by atoms with Gasteiger partial charge in [-0.1, -0.05) is 48.3 Å². The van der Waals surface area contributed by atoms with E-state index in [4.69, 9.17) is 11.6 Å². The lowest BCUT2D eigenvalue weighted by molar-refractivity contribution is 0.0950. The second kappa shape index (κ2) is 8.68. The van der Waals surface area contributed by atoms with Crippen molar-refractivity contribution in [1.29, 1.82) is 0 Å². The number of halogens is 2. The van der Waals surface area contributed by atoms with Crippen LogP contribution in [-0.2, 0) is 6.42 Å². The Kier molecular flexibility index (Phi) is 6.32. The maximum atomic E-state index is 13.7. The molecule has 140 valence electrons. The average Bonchev–Trinajstić information content (AvgIpc) is 2.95. The van der Waals surface area contributed by atoms with Crippen LogP contribution in [0, 0.1) is 5.82 Å². The third-order valence-corrected chi connectivity index (χ3v) is 5.79. The molecule has 1 aromatic heterocycles. The van der Waals surface area contributed by atoms with E-state index in [0.29, 0.717) is 22.5 Å². The molecule has 1 aliphatic carbocycles. The molecule has 3 N–H and O–H groups in total. The number of anilines is 1. The summed E-state index contributed by atoms with van der Waals surface area (Å²) in [4.78, 5) is 16.9. The minimum Gasteiger partial charge on any atom is -0.492 e. The number of aromatic hydroxyl groups is 1. The van der Waals surface area contributed by atoms with Gasteiger partial charge in [0.15, 0.2) is 5.13 Å². The molecule has 3 rings (SSSR count). The van der Waals surface area contributed by atoms with Gasteiger partial charge < -0.3 is 15.7 Å². The second-order valence-electron chi connectivity index (χ2n) is 6.35. The van der Waals surface area contributed by atoms with Crippen molar-refractivity contribution in [3.63, 3.8) is 0 Å². The number of hydrogen-bond acceptors (Lipinski definition) is 5. The number of hydrogen-bond donors (Lipinski definition) is 3. The number of nitrogens with zero attached hydrogens (tertiary/aromatic N) is 1. The lowest BCUT2D eigenvalue weighted by Crippen LogP contribution is -2.26. The van der Waals surface area contributed by atoms with Crippen LogP contribution in [-0.4, -0.2) is 28.6 Å². The zero-order valence-electron chi connectivity index (χ0n) is 14.2. The zero-order valence-corrected chi connectivity index (χ0v) is 15.8. The Labute approximate surface area is 160 Å². The van der Waals surface area contributed by atoms with Crippen LogP contribution in [0.4, 0.5) is 9.52 Å². The first-order chi connectivity index (χ1) is 12.5. The molecule has 0 aliphatic heterocycles. The fourth-order valence-corrected chi connectivity index (χ4v) is 4.26. The normalized spacial score (nSPS) is 15.0. The molecular formula is C18H21ClFN3O2S. The van der Waals surface area contributed by atoms with Gasteiger partial charge in [-0.3, -0.25) is 4.79 Å². The van der Waals surface area contributed by atoms with Crippen molar-refractivity contribution in [2.45, 2.75) is 44.6 Å². The van der Waals surface area contributed by atoms with Gasteiger partial charge in [-0.2, -0.15) is 4.98 Å². The largest absolute Gasteiger partial charge is 0.492 e. The number of carbonyl (C=O) groups is 1. The molecule has 0 radical (unpaired) electrons. The Morgan fingerprint density at radius 2 is 2.12 bits per heavy atom. The fourth-order valence-electron chi connectivity index (χ4n) is 3.08. The van der Waals surface area contributed by atoms with Crippen LogP contribution in [0.3, 0.4) is 0 Å². The summed E-state index contributed by atoms with van der Waals surface area (Å²) in [5.74, 6) is -1.25. The Hall–Kier alpha value is -1.86. The molecule has 1 fully saturated rings. The van der Waals surface area contributed by atoms with Crippen LogP contribution in [0.2, 0.25) is 5.02 Å². The van der Waals surface area contributed by atoms with Crippen molar-refractivity contribution in [1.82, 2.24) is 10.3 Å². The van der Waals surface area contributed by atoms with Gasteiger partial charge in [-0.05, 0) is 25.0 Å². The summed E-state index contributed by atoms with van der Waals surface area (Å²) in [6, 6.07) is 4.52. The van der Waals surface area contributed by atoms with Crippen molar-refractivity contribution in [2.75, 3.05) is 11.9 Å². The molecule has 8 heteroatoms. The molecule has 1 aliphatic rings. The van der Waals surface area contributed by atoms with E-state index in [1.165, 1.54) is 48.8 Å². The number of carbonyl (C=O) groups excluding carboxylic acids is 1. The van der Waals surface area contributed by atoms with Gasteiger partial charge in [0.25, 0.3) is 5.91 Å². The van der Waals surface area contributed by atoms with Crippen molar-refractivity contribution < 1.29 is 14.3 Å². The summed E-state index contributed by atoms with van der Waals surface area (Å²) in [5, 5.41) is 16.8. The minimum absolute atomic E-state index is 0.0218. The monoisotopic (exact) mass is 397 g/mol. The highest BCUT2D eigenvalue weighted by Crippen LogP contribution is 2.30. The second-order valence-corrected chi connectivity index (χ2v) is 7.84. The predicted octanol–water partition coefficient (Wildman–Crippen LogP) is 4.36. The third kappa shape index (κ3) is 4.65. The van der Waals surface area contributed by atoms with Crippen molar-refractivity contribution in [2.24, 2.45) is 0 Å². The van der Waals surface area contributed by atoms with E-state index in [-0.39, 0.29) is 23.0 Å². The van der Waals surface area contributed by atoms with Gasteiger partial charge in [-0.25, -0.2) is 4.39 Å². The number of nitrogens with one attached hydrogen (secondary N) is 2. The number of aromatic nitrogens is 1. The molecular weight excluding hydrogens is 377 g/mol. The summed E-state index contributed by atoms with van der Waals surface area (Å²) < 4.78 is 13.7. The summed E-state index contributed by atoms with van der Waals surface area (Å²) in [6.45, 7) is 0.252. The van der Waals surface area contributed by atoms with Gasteiger partial charge in [0, 0.05) is 19.0 Å². The van der Waals surface area contributed by atoms with Crippen molar-refractivity contribution in [3.8, 4) is 5.88 Å². The molecule has 0 unspecified atom stereocenters. The molecule has 0 spiro atoms. The molecule has 1 amide bonds. The summed E-state index contributed by atoms with van der Waals surface area (Å²) >= 11 is 7.27. The lowest BCUT2D eigenvalue weighted by atomic mass is 9.96. The topological polar surface area (TPSA) is 74.2 Å². The Morgan fingerprint density at radius 1 is 1.35 bits per heavy atom. The molecule has 1 heterocycles. The van der Waals surface area contributed by atoms with E-state index in [2.05, 4.69) is 15.6 Å². The number of benzene rings is 1. The lowest BCUT2D eigenvalue weighted by Gasteiger charge is -2.22. The van der Waals surface area contributed by atoms with E-state index < -0.39 is 11.7 Å². The third-order valence-electron chi connectivity index (χ3n) is 4.44. The minimum atomic E-state index is -0.658. The predicted molar refractivity (Wildman–Crippen MR) is 102 cm³/mol. The van der Waals surface area contributed by atoms with E-state index >= 15 is 0 Å². The molecule has 0 atom stereocenters. The highest BCUT2D eigenvalue weighted by Gasteiger charge is 2.18. The average molecular weight is 398 g/mol. The quantitative estimate of drug-likeness (QED) is 0.677. The number of rotatable bonds is 6. The van der Waals surface area contributed by atoms with Crippen molar-refractivity contribution >= 4 is 34.0 Å². The molecule has 0 bridgehead atoms. The van der Waals surface area contributed by atoms with Crippen LogP contribution in [0.1, 0.15) is 47.3 Å². The zero-order chi connectivity index (χ0) is 18.5. The maximum absolute atomic E-state index is 13.7. The Morgan fingerprint density at radius 3 is 2.85 bits per heavy atom. The Balaban J connectivity index is 1.54. The number of thiazole rings is 1. The van der Waals surface area contributed by atoms with E-state index in [9.17, 15) is 14.3 Å². The standard InChI is InChI=1S/C18H21ClFN3O2S/c19-12-7-4-8-13(20)15(12)17(25)21-10-9-14-16(24)23-18(26-14)22-11-5-2-1-3-6-11/h4,7-8,11,24H,1-3,5-6,9-10H2,(H,21,25)(H,22,23). The molecule has 1 aromatic carbocycles.